The van der Waals surface area contributed by atoms with Crippen LogP contribution >= 0.6 is 0 Å². The summed E-state index contributed by atoms with van der Waals surface area (Å²) in [6.45, 7) is 3.80. The molecular formula is C20H20N8O. The highest BCUT2D eigenvalue weighted by Gasteiger charge is 2.23. The minimum atomic E-state index is 0.0387. The number of hydrogen-bond acceptors (Lipinski definition) is 6. The summed E-state index contributed by atoms with van der Waals surface area (Å²) in [4.78, 5) is 27.8. The second kappa shape index (κ2) is 7.08. The summed E-state index contributed by atoms with van der Waals surface area (Å²) < 4.78 is 1.71. The van der Waals surface area contributed by atoms with Crippen LogP contribution in [-0.2, 0) is 0 Å². The zero-order valence-corrected chi connectivity index (χ0v) is 16.0. The highest BCUT2D eigenvalue weighted by Crippen LogP contribution is 2.21. The van der Waals surface area contributed by atoms with E-state index in [1.807, 2.05) is 23.1 Å². The number of likely N-dealkylation sites (tertiary alicyclic amines) is 1. The van der Waals surface area contributed by atoms with E-state index in [0.29, 0.717) is 28.6 Å². The van der Waals surface area contributed by atoms with Crippen LogP contribution in [0.4, 0.5) is 0 Å². The van der Waals surface area contributed by atoms with Crippen molar-refractivity contribution < 1.29 is 4.79 Å². The van der Waals surface area contributed by atoms with E-state index in [0.717, 1.165) is 30.6 Å². The van der Waals surface area contributed by atoms with Crippen LogP contribution in [0.5, 0.6) is 0 Å². The van der Waals surface area contributed by atoms with E-state index in [9.17, 15) is 4.79 Å². The van der Waals surface area contributed by atoms with Gasteiger partial charge in [0.15, 0.2) is 11.5 Å². The Morgan fingerprint density at radius 3 is 2.86 bits per heavy atom. The number of H-pyrrole nitrogens is 1. The number of fused-ring (bicyclic) bond motifs is 1. The molecule has 0 aliphatic carbocycles. The second-order valence-corrected chi connectivity index (χ2v) is 7.43. The number of amides is 1. The van der Waals surface area contributed by atoms with Gasteiger partial charge in [0.05, 0.1) is 23.6 Å². The SMILES string of the molecule is C[C@H]1CCCN(C(=O)c2cnc3c(cnn3-c3ccc(-c4ncn[nH]4)nc3)c2)C1. The molecule has 29 heavy (non-hydrogen) atoms. The Labute approximate surface area is 166 Å². The molecule has 0 aromatic carbocycles. The minimum absolute atomic E-state index is 0.0387. The Bertz CT molecular complexity index is 1150. The summed E-state index contributed by atoms with van der Waals surface area (Å²) in [5.41, 5.74) is 2.76. The molecule has 0 spiro atoms. The lowest BCUT2D eigenvalue weighted by Crippen LogP contribution is -2.39. The molecule has 1 amide bonds. The number of nitrogens with zero attached hydrogens (tertiary/aromatic N) is 7. The number of rotatable bonds is 3. The Kier molecular flexibility index (Phi) is 4.27. The number of pyridine rings is 2. The lowest BCUT2D eigenvalue weighted by atomic mass is 10.00. The van der Waals surface area contributed by atoms with Crippen LogP contribution in [0.1, 0.15) is 30.1 Å². The van der Waals surface area contributed by atoms with Crippen LogP contribution in [-0.4, -0.2) is 58.8 Å². The third-order valence-electron chi connectivity index (χ3n) is 5.25. The molecule has 4 aromatic heterocycles. The molecule has 4 aromatic rings. The van der Waals surface area contributed by atoms with Gasteiger partial charge in [-0.1, -0.05) is 6.92 Å². The quantitative estimate of drug-likeness (QED) is 0.578. The molecule has 1 N–H and O–H groups in total. The van der Waals surface area contributed by atoms with Gasteiger partial charge >= 0.3 is 0 Å². The fourth-order valence-corrected chi connectivity index (χ4v) is 3.76. The Balaban J connectivity index is 1.43. The van der Waals surface area contributed by atoms with Crippen molar-refractivity contribution in [1.82, 2.24) is 39.8 Å². The van der Waals surface area contributed by atoms with Crippen molar-refractivity contribution in [2.45, 2.75) is 19.8 Å². The molecule has 1 aliphatic rings. The van der Waals surface area contributed by atoms with Gasteiger partial charge in [0.25, 0.3) is 5.91 Å². The number of aromatic nitrogens is 7. The number of carbonyl (C=O) groups is 1. The van der Waals surface area contributed by atoms with Gasteiger partial charge in [-0.3, -0.25) is 14.9 Å². The maximum atomic E-state index is 12.9. The van der Waals surface area contributed by atoms with Gasteiger partial charge in [0, 0.05) is 24.7 Å². The lowest BCUT2D eigenvalue weighted by Gasteiger charge is -2.30. The molecule has 1 fully saturated rings. The van der Waals surface area contributed by atoms with E-state index < -0.39 is 0 Å². The summed E-state index contributed by atoms with van der Waals surface area (Å²) in [6.07, 6.45) is 8.74. The maximum absolute atomic E-state index is 12.9. The molecule has 9 nitrogen and oxygen atoms in total. The highest BCUT2D eigenvalue weighted by atomic mass is 16.2. The monoisotopic (exact) mass is 388 g/mol. The average Bonchev–Trinajstić information content (AvgIpc) is 3.43. The van der Waals surface area contributed by atoms with E-state index in [-0.39, 0.29) is 5.91 Å². The van der Waals surface area contributed by atoms with Crippen molar-refractivity contribution >= 4 is 16.9 Å². The molecule has 5 rings (SSSR count). The van der Waals surface area contributed by atoms with Gasteiger partial charge in [-0.25, -0.2) is 14.6 Å². The van der Waals surface area contributed by atoms with E-state index in [1.54, 1.807) is 23.3 Å². The van der Waals surface area contributed by atoms with Crippen molar-refractivity contribution in [1.29, 1.82) is 0 Å². The number of carbonyl (C=O) groups excluding carboxylic acids is 1. The molecule has 0 saturated carbocycles. The van der Waals surface area contributed by atoms with Crippen molar-refractivity contribution in [2.75, 3.05) is 13.1 Å². The van der Waals surface area contributed by atoms with Crippen molar-refractivity contribution in [2.24, 2.45) is 5.92 Å². The number of piperidine rings is 1. The molecule has 5 heterocycles. The molecule has 9 heteroatoms. The summed E-state index contributed by atoms with van der Waals surface area (Å²) >= 11 is 0. The average molecular weight is 388 g/mol. The Morgan fingerprint density at radius 2 is 2.10 bits per heavy atom. The summed E-state index contributed by atoms with van der Waals surface area (Å²) in [5.74, 6) is 1.19. The molecule has 0 bridgehead atoms. The fraction of sp³-hybridized carbons (Fsp3) is 0.300. The lowest BCUT2D eigenvalue weighted by molar-refractivity contribution is 0.0683. The van der Waals surface area contributed by atoms with Gasteiger partial charge in [0.1, 0.15) is 12.0 Å². The maximum Gasteiger partial charge on any atom is 0.255 e. The number of aromatic amines is 1. The van der Waals surface area contributed by atoms with Crippen LogP contribution in [0.25, 0.3) is 28.2 Å². The smallest absolute Gasteiger partial charge is 0.255 e. The third-order valence-corrected chi connectivity index (χ3v) is 5.25. The molecule has 1 atom stereocenters. The van der Waals surface area contributed by atoms with Crippen LogP contribution in [0.15, 0.2) is 43.1 Å². The first kappa shape index (κ1) is 17.5. The molecule has 0 radical (unpaired) electrons. The Hall–Kier alpha value is -3.62. The predicted octanol–water partition coefficient (Wildman–Crippen LogP) is 2.47. The third kappa shape index (κ3) is 3.24. The van der Waals surface area contributed by atoms with Crippen molar-refractivity contribution in [3.8, 4) is 17.2 Å². The van der Waals surface area contributed by atoms with Crippen LogP contribution in [0, 0.1) is 5.92 Å². The normalized spacial score (nSPS) is 17.0. The van der Waals surface area contributed by atoms with E-state index in [4.69, 9.17) is 0 Å². The second-order valence-electron chi connectivity index (χ2n) is 7.43. The predicted molar refractivity (Wildman–Crippen MR) is 106 cm³/mol. The van der Waals surface area contributed by atoms with E-state index in [2.05, 4.69) is 37.2 Å². The van der Waals surface area contributed by atoms with Crippen LogP contribution in [0.2, 0.25) is 0 Å². The zero-order chi connectivity index (χ0) is 19.8. The molecule has 146 valence electrons. The van der Waals surface area contributed by atoms with Gasteiger partial charge in [-0.15, -0.1) is 0 Å². The van der Waals surface area contributed by atoms with Crippen molar-refractivity contribution in [3.63, 3.8) is 0 Å². The molecule has 1 saturated heterocycles. The standard InChI is InChI=1S/C20H20N8O/c1-13-3-2-6-27(11-13)20(29)15-7-14-9-25-28(19(14)22-8-15)16-4-5-17(21-10-16)18-23-12-24-26-18/h4-5,7-10,12-13H,2-3,6,11H2,1H3,(H,23,24,26)/t13-/m0/s1. The summed E-state index contributed by atoms with van der Waals surface area (Å²) in [5, 5.41) is 11.9. The van der Waals surface area contributed by atoms with Gasteiger partial charge in [-0.2, -0.15) is 10.2 Å². The van der Waals surface area contributed by atoms with Gasteiger partial charge in [-0.05, 0) is 37.0 Å². The van der Waals surface area contributed by atoms with E-state index in [1.165, 1.54) is 12.7 Å². The zero-order valence-electron chi connectivity index (χ0n) is 16.0. The van der Waals surface area contributed by atoms with Crippen LogP contribution < -0.4 is 0 Å². The Morgan fingerprint density at radius 1 is 1.17 bits per heavy atom. The first-order valence-corrected chi connectivity index (χ1v) is 9.64. The van der Waals surface area contributed by atoms with Crippen LogP contribution in [0.3, 0.4) is 0 Å². The topological polar surface area (TPSA) is 105 Å². The highest BCUT2D eigenvalue weighted by molar-refractivity contribution is 5.97. The first-order valence-electron chi connectivity index (χ1n) is 9.64. The van der Waals surface area contributed by atoms with E-state index >= 15 is 0 Å². The fourth-order valence-electron chi connectivity index (χ4n) is 3.76. The first-order chi connectivity index (χ1) is 14.2. The summed E-state index contributed by atoms with van der Waals surface area (Å²) in [7, 11) is 0. The number of hydrogen-bond donors (Lipinski definition) is 1. The van der Waals surface area contributed by atoms with Gasteiger partial charge < -0.3 is 4.90 Å². The van der Waals surface area contributed by atoms with Crippen molar-refractivity contribution in [3.05, 3.63) is 48.7 Å². The number of nitrogens with one attached hydrogen (secondary N) is 1. The molecule has 1 aliphatic heterocycles. The molecular weight excluding hydrogens is 368 g/mol. The molecule has 0 unspecified atom stereocenters. The largest absolute Gasteiger partial charge is 0.338 e. The minimum Gasteiger partial charge on any atom is -0.338 e. The van der Waals surface area contributed by atoms with Gasteiger partial charge in [0.2, 0.25) is 0 Å². The summed E-state index contributed by atoms with van der Waals surface area (Å²) in [6, 6.07) is 5.61.